The number of aldehydes is 1. The van der Waals surface area contributed by atoms with Gasteiger partial charge in [0.05, 0.1) is 24.3 Å². The van der Waals surface area contributed by atoms with Gasteiger partial charge in [-0.15, -0.1) is 13.2 Å². The molecule has 0 aliphatic rings. The van der Waals surface area contributed by atoms with Crippen molar-refractivity contribution in [1.82, 2.24) is 16.0 Å². The quantitative estimate of drug-likeness (QED) is 0.0342. The Bertz CT molecular complexity index is 1490. The molecule has 0 aliphatic carbocycles. The fourth-order valence-corrected chi connectivity index (χ4v) is 6.06. The topological polar surface area (TPSA) is 172 Å². The molecule has 2 unspecified atom stereocenters. The summed E-state index contributed by atoms with van der Waals surface area (Å²) in [4.78, 5) is 34.1. The monoisotopic (exact) mass is 853 g/mol. The summed E-state index contributed by atoms with van der Waals surface area (Å²) in [5.74, 6) is 1.18. The van der Waals surface area contributed by atoms with Gasteiger partial charge in [0.15, 0.2) is 0 Å². The van der Waals surface area contributed by atoms with Gasteiger partial charge in [-0.25, -0.2) is 9.59 Å². The average molecular weight is 853 g/mol. The lowest BCUT2D eigenvalue weighted by molar-refractivity contribution is -0.108. The number of nitrogens with one attached hydrogen (secondary N) is 3. The fraction of sp³-hybridized carbons (Fsp3) is 0.620. The first-order valence-electron chi connectivity index (χ1n) is 22.1. The van der Waals surface area contributed by atoms with Crippen LogP contribution in [0.25, 0.3) is 0 Å². The molecule has 0 spiro atoms. The highest BCUT2D eigenvalue weighted by atomic mass is 16.6. The smallest absolute Gasteiger partial charge is 0.407 e. The molecule has 0 heterocycles. The number of allylic oxidation sites excluding steroid dienone is 2. The van der Waals surface area contributed by atoms with Crippen LogP contribution in [0.15, 0.2) is 85.0 Å². The molecule has 0 saturated carbocycles. The number of carbonyl (C=O) groups is 3. The van der Waals surface area contributed by atoms with E-state index in [1.807, 2.05) is 88.4 Å². The maximum absolute atomic E-state index is 12.3. The van der Waals surface area contributed by atoms with Crippen molar-refractivity contribution in [3.05, 3.63) is 96.1 Å². The van der Waals surface area contributed by atoms with Crippen LogP contribution in [0, 0.1) is 11.8 Å². The molecular weight excluding hydrogens is 769 g/mol. The molecule has 2 amide bonds. The molecule has 6 atom stereocenters. The highest BCUT2D eigenvalue weighted by Crippen LogP contribution is 2.16. The zero-order valence-electron chi connectivity index (χ0n) is 39.4. The number of amides is 2. The summed E-state index contributed by atoms with van der Waals surface area (Å²) in [5.41, 5.74) is 8.89. The molecule has 0 saturated heterocycles. The minimum atomic E-state index is -0.817. The summed E-state index contributed by atoms with van der Waals surface area (Å²) < 4.78 is 10.6. The Kier molecular flexibility index (Phi) is 29.7. The van der Waals surface area contributed by atoms with Gasteiger partial charge < -0.3 is 46.2 Å². The van der Waals surface area contributed by atoms with Gasteiger partial charge in [0, 0.05) is 19.5 Å². The number of carbonyl (C=O) groups excluding carboxylic acids is 3. The first-order chi connectivity index (χ1) is 28.5. The fourth-order valence-electron chi connectivity index (χ4n) is 6.06. The first kappa shape index (κ1) is 57.0. The zero-order valence-corrected chi connectivity index (χ0v) is 39.4. The Morgan fingerprint density at radius 3 is 1.49 bits per heavy atom. The van der Waals surface area contributed by atoms with Gasteiger partial charge in [0.2, 0.25) is 0 Å². The van der Waals surface area contributed by atoms with Crippen LogP contribution < -0.4 is 21.7 Å². The predicted octanol–water partition coefficient (Wildman–Crippen LogP) is 9.25. The molecule has 11 heteroatoms. The van der Waals surface area contributed by atoms with Crippen molar-refractivity contribution >= 4 is 18.5 Å². The second-order valence-electron chi connectivity index (χ2n) is 18.6. The lowest BCUT2D eigenvalue weighted by Crippen LogP contribution is -2.50. The second kappa shape index (κ2) is 31.8. The van der Waals surface area contributed by atoms with Crippen LogP contribution in [0.5, 0.6) is 0 Å². The van der Waals surface area contributed by atoms with Crippen molar-refractivity contribution in [3.63, 3.8) is 0 Å². The van der Waals surface area contributed by atoms with Gasteiger partial charge in [-0.3, -0.25) is 0 Å². The van der Waals surface area contributed by atoms with Crippen LogP contribution in [0.3, 0.4) is 0 Å². The highest BCUT2D eigenvalue weighted by molar-refractivity contribution is 5.68. The van der Waals surface area contributed by atoms with Gasteiger partial charge in [0.1, 0.15) is 17.5 Å². The summed E-state index contributed by atoms with van der Waals surface area (Å²) in [6.45, 7) is 28.5. The number of hydrogen-bond donors (Lipinski definition) is 6. The van der Waals surface area contributed by atoms with E-state index >= 15 is 0 Å². The van der Waals surface area contributed by atoms with Crippen molar-refractivity contribution in [2.75, 3.05) is 19.6 Å². The van der Waals surface area contributed by atoms with Crippen molar-refractivity contribution < 1.29 is 34.1 Å². The normalized spacial score (nSPS) is 14.2. The van der Waals surface area contributed by atoms with Crippen molar-refractivity contribution in [1.29, 1.82) is 0 Å². The van der Waals surface area contributed by atoms with E-state index in [0.29, 0.717) is 37.6 Å². The maximum atomic E-state index is 12.3. The summed E-state index contributed by atoms with van der Waals surface area (Å²) in [5, 5.41) is 29.5. The molecule has 2 aromatic carbocycles. The minimum Gasteiger partial charge on any atom is -0.444 e. The van der Waals surface area contributed by atoms with Gasteiger partial charge in [0.25, 0.3) is 0 Å². The molecule has 0 radical (unpaired) electrons. The van der Waals surface area contributed by atoms with Crippen molar-refractivity contribution in [3.8, 4) is 0 Å². The molecule has 61 heavy (non-hydrogen) atoms. The van der Waals surface area contributed by atoms with Crippen molar-refractivity contribution in [2.45, 2.75) is 169 Å². The average Bonchev–Trinajstić information content (AvgIpc) is 3.15. The van der Waals surface area contributed by atoms with E-state index in [4.69, 9.17) is 15.2 Å². The maximum Gasteiger partial charge on any atom is 0.407 e. The number of alkyl carbamates (subject to hydrolysis) is 2. The SMILES string of the molecule is C=C(C)CCCC(C)CC=O.C=C(C)CCCC(C)CCNC[C@@H](O)[C@H](Cc1ccccc1)NC(=O)OC(C)(C)C.CC(C)(C)OC(=O)N[C@@H](Cc1ccccc1)[C@H](O)CN. The second-order valence-corrected chi connectivity index (χ2v) is 18.6. The van der Waals surface area contributed by atoms with Crippen LogP contribution in [-0.4, -0.2) is 83.8 Å². The number of benzene rings is 2. The van der Waals surface area contributed by atoms with Gasteiger partial charge in [-0.2, -0.15) is 0 Å². The van der Waals surface area contributed by atoms with E-state index in [-0.39, 0.29) is 6.54 Å². The summed E-state index contributed by atoms with van der Waals surface area (Å²) >= 11 is 0. The summed E-state index contributed by atoms with van der Waals surface area (Å²) in [6.07, 6.45) is 8.10. The van der Waals surface area contributed by atoms with Gasteiger partial charge in [-0.05, 0) is 136 Å². The van der Waals surface area contributed by atoms with Crippen LogP contribution in [-0.2, 0) is 27.1 Å². The third-order valence-corrected chi connectivity index (χ3v) is 9.44. The minimum absolute atomic E-state index is 0.0767. The molecule has 2 rings (SSSR count). The summed E-state index contributed by atoms with van der Waals surface area (Å²) in [7, 11) is 0. The molecule has 2 aromatic rings. The number of ether oxygens (including phenoxy) is 2. The van der Waals surface area contributed by atoms with Crippen LogP contribution in [0.1, 0.15) is 132 Å². The molecule has 7 N–H and O–H groups in total. The van der Waals surface area contributed by atoms with Gasteiger partial charge >= 0.3 is 12.2 Å². The number of hydrogen-bond acceptors (Lipinski definition) is 9. The standard InChI is InChI=1S/C25H42N2O3.C15H24N2O3.C10H18O/c1-19(2)11-10-12-20(3)15-16-26-18-23(28)22(17-21-13-8-7-9-14-21)27-24(29)30-25(4,5)6;1-15(2,3)20-14(19)17-12(13(18)10-16)9-11-7-5-4-6-8-11;1-9(2)5-4-6-10(3)7-8-11/h7-9,13-14,20,22-23,26,28H,1,10-12,15-18H2,2-6H3,(H,27,29);4-8,12-13,18H,9-10,16H2,1-3H3,(H,17,19);8,10H,1,4-7H2,2-3H3/t20?,22-,23+;12-,13+;/m00./s1. The van der Waals surface area contributed by atoms with E-state index in [2.05, 4.69) is 49.9 Å². The lowest BCUT2D eigenvalue weighted by Gasteiger charge is -2.27. The third-order valence-electron chi connectivity index (χ3n) is 9.44. The Morgan fingerprint density at radius 1 is 0.705 bits per heavy atom. The van der Waals surface area contributed by atoms with E-state index in [1.54, 1.807) is 20.8 Å². The molecule has 0 aliphatic heterocycles. The highest BCUT2D eigenvalue weighted by Gasteiger charge is 2.26. The van der Waals surface area contributed by atoms with E-state index in [1.165, 1.54) is 30.4 Å². The Hall–Kier alpha value is -4.03. The molecule has 0 aromatic heterocycles. The summed E-state index contributed by atoms with van der Waals surface area (Å²) in [6, 6.07) is 18.6. The van der Waals surface area contributed by atoms with Crippen LogP contribution in [0.2, 0.25) is 0 Å². The largest absolute Gasteiger partial charge is 0.444 e. The molecule has 11 nitrogen and oxygen atoms in total. The van der Waals surface area contributed by atoms with Crippen LogP contribution in [0.4, 0.5) is 9.59 Å². The van der Waals surface area contributed by atoms with E-state index < -0.39 is 47.7 Å². The first-order valence-corrected chi connectivity index (χ1v) is 22.1. The van der Waals surface area contributed by atoms with Gasteiger partial charge in [-0.1, -0.05) is 92.1 Å². The Labute approximate surface area is 369 Å². The van der Waals surface area contributed by atoms with E-state index in [0.717, 1.165) is 49.6 Å². The number of rotatable bonds is 24. The van der Waals surface area contributed by atoms with Crippen molar-refractivity contribution in [2.24, 2.45) is 17.6 Å². The lowest BCUT2D eigenvalue weighted by atomic mass is 9.99. The molecule has 346 valence electrons. The van der Waals surface area contributed by atoms with E-state index in [9.17, 15) is 24.6 Å². The number of aliphatic hydroxyl groups excluding tert-OH is 2. The number of nitrogens with two attached hydrogens (primary N) is 1. The molecule has 0 fully saturated rings. The Morgan fingerprint density at radius 2 is 1.11 bits per heavy atom. The van der Waals surface area contributed by atoms with Crippen LogP contribution >= 0.6 is 0 Å². The Balaban J connectivity index is 0.000000993. The predicted molar refractivity (Wildman–Crippen MR) is 252 cm³/mol. The number of aliphatic hydroxyl groups is 2. The zero-order chi connectivity index (χ0) is 46.4. The molecular formula is C50H84N4O7. The molecule has 0 bridgehead atoms. The third kappa shape index (κ3) is 33.3.